The molecule has 0 aliphatic carbocycles. The van der Waals surface area contributed by atoms with E-state index < -0.39 is 0 Å². The first-order valence-electron chi connectivity index (χ1n) is 10.6. The number of nitrogens with two attached hydrogens (primary N) is 1. The highest BCUT2D eigenvalue weighted by Crippen LogP contribution is 2.31. The van der Waals surface area contributed by atoms with Gasteiger partial charge < -0.3 is 20.7 Å². The van der Waals surface area contributed by atoms with Gasteiger partial charge in [-0.3, -0.25) is 0 Å². The predicted molar refractivity (Wildman–Crippen MR) is 123 cm³/mol. The highest BCUT2D eigenvalue weighted by molar-refractivity contribution is 5.79. The van der Waals surface area contributed by atoms with Crippen molar-refractivity contribution in [2.24, 2.45) is 0 Å². The number of nitrogens with zero attached hydrogens (tertiary/aromatic N) is 3. The zero-order chi connectivity index (χ0) is 20.8. The summed E-state index contributed by atoms with van der Waals surface area (Å²) in [5.41, 5.74) is 10.1. The van der Waals surface area contributed by atoms with Gasteiger partial charge in [-0.2, -0.15) is 4.98 Å². The van der Waals surface area contributed by atoms with E-state index in [0.717, 1.165) is 53.3 Å². The summed E-state index contributed by atoms with van der Waals surface area (Å²) in [4.78, 5) is 11.2. The van der Waals surface area contributed by atoms with Gasteiger partial charge in [0.15, 0.2) is 0 Å². The zero-order valence-electron chi connectivity index (χ0n) is 17.5. The third kappa shape index (κ3) is 4.89. The molecule has 6 heteroatoms. The first kappa shape index (κ1) is 20.2. The summed E-state index contributed by atoms with van der Waals surface area (Å²) in [5.74, 6) is 1.91. The molecule has 2 aromatic carbocycles. The Morgan fingerprint density at radius 2 is 1.77 bits per heavy atom. The second-order valence-electron chi connectivity index (χ2n) is 7.63. The summed E-state index contributed by atoms with van der Waals surface area (Å²) >= 11 is 0. The maximum absolute atomic E-state index is 5.88. The molecular formula is C24H29N5O. The molecule has 2 heterocycles. The molecule has 1 aromatic heterocycles. The Morgan fingerprint density at radius 3 is 2.57 bits per heavy atom. The maximum atomic E-state index is 5.88. The number of rotatable bonds is 8. The Bertz CT molecular complexity index is 985. The second-order valence-corrected chi connectivity index (χ2v) is 7.63. The fourth-order valence-corrected chi connectivity index (χ4v) is 3.93. The molecule has 0 unspecified atom stereocenters. The highest BCUT2D eigenvalue weighted by Gasteiger charge is 2.12. The molecule has 3 aromatic rings. The molecular weight excluding hydrogens is 374 g/mol. The van der Waals surface area contributed by atoms with Crippen LogP contribution >= 0.6 is 0 Å². The number of benzene rings is 2. The van der Waals surface area contributed by atoms with Gasteiger partial charge in [0.1, 0.15) is 11.6 Å². The van der Waals surface area contributed by atoms with Crippen molar-refractivity contribution in [1.82, 2.24) is 14.9 Å². The molecule has 0 saturated carbocycles. The Balaban J connectivity index is 1.53. The first-order chi connectivity index (χ1) is 14.7. The normalized spacial score (nSPS) is 14.0. The third-order valence-electron chi connectivity index (χ3n) is 5.53. The van der Waals surface area contributed by atoms with Crippen molar-refractivity contribution in [3.63, 3.8) is 0 Å². The largest absolute Gasteiger partial charge is 0.497 e. The van der Waals surface area contributed by atoms with Gasteiger partial charge in [-0.1, -0.05) is 30.3 Å². The van der Waals surface area contributed by atoms with Gasteiger partial charge in [0.25, 0.3) is 0 Å². The third-order valence-corrected chi connectivity index (χ3v) is 5.53. The molecule has 0 bridgehead atoms. The van der Waals surface area contributed by atoms with Gasteiger partial charge >= 0.3 is 0 Å². The number of nitrogen functional groups attached to an aromatic ring is 1. The SMILES string of the molecule is COc1cccc(-c2cccc(-c3cnc(N)nc3NCCCN3CCCC3)c2)c1. The molecule has 1 aliphatic rings. The number of methoxy groups -OCH3 is 1. The molecule has 1 saturated heterocycles. The molecule has 0 atom stereocenters. The number of hydrogen-bond acceptors (Lipinski definition) is 6. The zero-order valence-corrected chi connectivity index (χ0v) is 17.5. The van der Waals surface area contributed by atoms with Crippen LogP contribution in [0, 0.1) is 0 Å². The fourth-order valence-electron chi connectivity index (χ4n) is 3.93. The number of likely N-dealkylation sites (tertiary alicyclic amines) is 1. The second kappa shape index (κ2) is 9.59. The van der Waals surface area contributed by atoms with Crippen molar-refractivity contribution in [2.45, 2.75) is 19.3 Å². The topological polar surface area (TPSA) is 76.3 Å². The van der Waals surface area contributed by atoms with Crippen molar-refractivity contribution in [1.29, 1.82) is 0 Å². The van der Waals surface area contributed by atoms with Crippen molar-refractivity contribution < 1.29 is 4.74 Å². The standard InChI is InChI=1S/C24H29N5O/c1-30-21-10-5-8-19(16-21)18-7-4-9-20(15-18)22-17-27-24(25)28-23(22)26-11-6-14-29-12-2-3-13-29/h4-5,7-10,15-17H,2-3,6,11-14H2,1H3,(H3,25,26,27,28). The average Bonchev–Trinajstić information content (AvgIpc) is 3.30. The van der Waals surface area contributed by atoms with E-state index in [1.807, 2.05) is 18.2 Å². The summed E-state index contributed by atoms with van der Waals surface area (Å²) in [6.45, 7) is 4.43. The molecule has 1 aliphatic heterocycles. The van der Waals surface area contributed by atoms with Crippen LogP contribution < -0.4 is 15.8 Å². The Hall–Kier alpha value is -3.12. The van der Waals surface area contributed by atoms with Crippen LogP contribution in [-0.4, -0.2) is 48.2 Å². The average molecular weight is 404 g/mol. The predicted octanol–water partition coefficient (Wildman–Crippen LogP) is 4.30. The van der Waals surface area contributed by atoms with E-state index in [1.54, 1.807) is 13.3 Å². The van der Waals surface area contributed by atoms with E-state index in [1.165, 1.54) is 25.9 Å². The smallest absolute Gasteiger partial charge is 0.221 e. The Kier molecular flexibility index (Phi) is 6.44. The lowest BCUT2D eigenvalue weighted by Gasteiger charge is -2.16. The van der Waals surface area contributed by atoms with E-state index >= 15 is 0 Å². The summed E-state index contributed by atoms with van der Waals surface area (Å²) in [6, 6.07) is 16.4. The Morgan fingerprint density at radius 1 is 1.03 bits per heavy atom. The summed E-state index contributed by atoms with van der Waals surface area (Å²) in [7, 11) is 1.68. The van der Waals surface area contributed by atoms with Crippen LogP contribution in [0.2, 0.25) is 0 Å². The van der Waals surface area contributed by atoms with E-state index in [4.69, 9.17) is 10.5 Å². The van der Waals surface area contributed by atoms with E-state index in [9.17, 15) is 0 Å². The lowest BCUT2D eigenvalue weighted by Crippen LogP contribution is -2.22. The van der Waals surface area contributed by atoms with Crippen LogP contribution in [-0.2, 0) is 0 Å². The summed E-state index contributed by atoms with van der Waals surface area (Å²) < 4.78 is 5.37. The van der Waals surface area contributed by atoms with Gasteiger partial charge in [-0.15, -0.1) is 0 Å². The van der Waals surface area contributed by atoms with Crippen LogP contribution in [0.3, 0.4) is 0 Å². The molecule has 0 amide bonds. The van der Waals surface area contributed by atoms with Crippen LogP contribution in [0.4, 0.5) is 11.8 Å². The molecule has 4 rings (SSSR count). The van der Waals surface area contributed by atoms with Gasteiger partial charge in [0.05, 0.1) is 7.11 Å². The number of anilines is 2. The molecule has 1 fully saturated rings. The molecule has 30 heavy (non-hydrogen) atoms. The fraction of sp³-hybridized carbons (Fsp3) is 0.333. The highest BCUT2D eigenvalue weighted by atomic mass is 16.5. The number of nitrogens with one attached hydrogen (secondary N) is 1. The molecule has 3 N–H and O–H groups in total. The molecule has 0 radical (unpaired) electrons. The van der Waals surface area contributed by atoms with Crippen molar-refractivity contribution in [2.75, 3.05) is 44.3 Å². The quantitative estimate of drug-likeness (QED) is 0.546. The van der Waals surface area contributed by atoms with Crippen molar-refractivity contribution in [3.8, 4) is 28.0 Å². The van der Waals surface area contributed by atoms with E-state index in [2.05, 4.69) is 50.5 Å². The molecule has 156 valence electrons. The minimum absolute atomic E-state index is 0.282. The van der Waals surface area contributed by atoms with Crippen LogP contribution in [0.5, 0.6) is 5.75 Å². The van der Waals surface area contributed by atoms with Crippen LogP contribution in [0.15, 0.2) is 54.7 Å². The van der Waals surface area contributed by atoms with Crippen molar-refractivity contribution in [3.05, 3.63) is 54.7 Å². The monoisotopic (exact) mass is 403 g/mol. The van der Waals surface area contributed by atoms with E-state index in [0.29, 0.717) is 0 Å². The van der Waals surface area contributed by atoms with Crippen LogP contribution in [0.1, 0.15) is 19.3 Å². The van der Waals surface area contributed by atoms with Gasteiger partial charge in [-0.05, 0) is 73.8 Å². The first-order valence-corrected chi connectivity index (χ1v) is 10.6. The summed E-state index contributed by atoms with van der Waals surface area (Å²) in [6.07, 6.45) is 5.52. The molecule has 6 nitrogen and oxygen atoms in total. The Labute approximate surface area is 178 Å². The minimum atomic E-state index is 0.282. The molecule has 0 spiro atoms. The van der Waals surface area contributed by atoms with E-state index in [-0.39, 0.29) is 5.95 Å². The lowest BCUT2D eigenvalue weighted by atomic mass is 10.00. The number of aromatic nitrogens is 2. The maximum Gasteiger partial charge on any atom is 0.221 e. The summed E-state index contributed by atoms with van der Waals surface area (Å²) in [5, 5.41) is 3.48. The lowest BCUT2D eigenvalue weighted by molar-refractivity contribution is 0.337. The number of ether oxygens (including phenoxy) is 1. The van der Waals surface area contributed by atoms with Crippen molar-refractivity contribution >= 4 is 11.8 Å². The minimum Gasteiger partial charge on any atom is -0.497 e. The number of hydrogen-bond donors (Lipinski definition) is 2. The van der Waals surface area contributed by atoms with Gasteiger partial charge in [0, 0.05) is 18.3 Å². The van der Waals surface area contributed by atoms with Gasteiger partial charge in [0.2, 0.25) is 5.95 Å². The van der Waals surface area contributed by atoms with Crippen LogP contribution in [0.25, 0.3) is 22.3 Å². The van der Waals surface area contributed by atoms with Gasteiger partial charge in [-0.25, -0.2) is 4.98 Å².